The summed E-state index contributed by atoms with van der Waals surface area (Å²) >= 11 is 0. The van der Waals surface area contributed by atoms with Crippen LogP contribution in [0.3, 0.4) is 0 Å². The van der Waals surface area contributed by atoms with Crippen molar-refractivity contribution in [3.63, 3.8) is 0 Å². The molecule has 0 radical (unpaired) electrons. The second-order valence-corrected chi connectivity index (χ2v) is 8.76. The lowest BCUT2D eigenvalue weighted by molar-refractivity contribution is -0.116. The van der Waals surface area contributed by atoms with Crippen LogP contribution in [-0.4, -0.2) is 39.3 Å². The molecule has 1 N–H and O–H groups in total. The molecule has 7 heteroatoms. The first-order valence-corrected chi connectivity index (χ1v) is 10.1. The second-order valence-electron chi connectivity index (χ2n) is 6.72. The van der Waals surface area contributed by atoms with E-state index in [4.69, 9.17) is 4.74 Å². The van der Waals surface area contributed by atoms with Crippen LogP contribution in [0.5, 0.6) is 5.75 Å². The number of ether oxygens (including phenoxy) is 1. The Morgan fingerprint density at radius 1 is 1.15 bits per heavy atom. The molecule has 2 rings (SSSR count). The minimum Gasteiger partial charge on any atom is -0.496 e. The molecule has 1 amide bonds. The van der Waals surface area contributed by atoms with Gasteiger partial charge in [0.1, 0.15) is 5.75 Å². The molecule has 2 aromatic rings. The van der Waals surface area contributed by atoms with Crippen LogP contribution in [0.15, 0.2) is 47.4 Å². The van der Waals surface area contributed by atoms with Crippen LogP contribution in [0, 0.1) is 6.92 Å². The maximum Gasteiger partial charge on any atom is 0.243 e. The standard InChI is InChI=1S/C20H26N2O4S/c1-14(2)16-6-8-17(9-7-16)21-20(23)13-22(4)27(24,25)18-10-11-19(26-5)15(3)12-18/h6-12,14H,13H2,1-5H3,(H,21,23). The summed E-state index contributed by atoms with van der Waals surface area (Å²) in [6.45, 7) is 5.67. The molecule has 2 aromatic carbocycles. The molecular formula is C20H26N2O4S. The highest BCUT2D eigenvalue weighted by Gasteiger charge is 2.23. The van der Waals surface area contributed by atoms with Crippen LogP contribution < -0.4 is 10.1 Å². The molecule has 0 saturated heterocycles. The fourth-order valence-electron chi connectivity index (χ4n) is 2.63. The minimum absolute atomic E-state index is 0.123. The van der Waals surface area contributed by atoms with Gasteiger partial charge in [-0.3, -0.25) is 4.79 Å². The number of likely N-dealkylation sites (N-methyl/N-ethyl adjacent to an activating group) is 1. The van der Waals surface area contributed by atoms with Gasteiger partial charge >= 0.3 is 0 Å². The molecule has 146 valence electrons. The topological polar surface area (TPSA) is 75.7 Å². The zero-order chi connectivity index (χ0) is 20.2. The van der Waals surface area contributed by atoms with E-state index in [2.05, 4.69) is 19.2 Å². The highest BCUT2D eigenvalue weighted by molar-refractivity contribution is 7.89. The van der Waals surface area contributed by atoms with Gasteiger partial charge in [0.25, 0.3) is 0 Å². The summed E-state index contributed by atoms with van der Waals surface area (Å²) in [5.74, 6) is 0.613. The summed E-state index contributed by atoms with van der Waals surface area (Å²) < 4.78 is 31.6. The van der Waals surface area contributed by atoms with Crippen LogP contribution in [0.25, 0.3) is 0 Å². The van der Waals surface area contributed by atoms with Crippen molar-refractivity contribution < 1.29 is 17.9 Å². The fraction of sp³-hybridized carbons (Fsp3) is 0.350. The van der Waals surface area contributed by atoms with Crippen molar-refractivity contribution in [2.24, 2.45) is 0 Å². The van der Waals surface area contributed by atoms with E-state index in [-0.39, 0.29) is 11.4 Å². The number of hydrogen-bond donors (Lipinski definition) is 1. The number of carbonyl (C=O) groups excluding carboxylic acids is 1. The van der Waals surface area contributed by atoms with Gasteiger partial charge in [0.15, 0.2) is 0 Å². The Morgan fingerprint density at radius 2 is 1.78 bits per heavy atom. The smallest absolute Gasteiger partial charge is 0.243 e. The summed E-state index contributed by atoms with van der Waals surface area (Å²) in [7, 11) is -0.861. The molecule has 0 bridgehead atoms. The van der Waals surface area contributed by atoms with Crippen molar-refractivity contribution in [1.82, 2.24) is 4.31 Å². The molecule has 0 aliphatic carbocycles. The van der Waals surface area contributed by atoms with Crippen molar-refractivity contribution >= 4 is 21.6 Å². The van der Waals surface area contributed by atoms with E-state index in [9.17, 15) is 13.2 Å². The molecule has 0 fully saturated rings. The van der Waals surface area contributed by atoms with E-state index in [1.165, 1.54) is 31.9 Å². The Morgan fingerprint density at radius 3 is 2.30 bits per heavy atom. The molecule has 6 nitrogen and oxygen atoms in total. The fourth-order valence-corrected chi connectivity index (χ4v) is 3.84. The molecule has 0 saturated carbocycles. The summed E-state index contributed by atoms with van der Waals surface area (Å²) in [6.07, 6.45) is 0. The predicted octanol–water partition coefficient (Wildman–Crippen LogP) is 3.39. The van der Waals surface area contributed by atoms with E-state index in [1.807, 2.05) is 24.3 Å². The molecule has 0 aromatic heterocycles. The van der Waals surface area contributed by atoms with Gasteiger partial charge in [0, 0.05) is 12.7 Å². The van der Waals surface area contributed by atoms with Crippen LogP contribution in [0.2, 0.25) is 0 Å². The lowest BCUT2D eigenvalue weighted by Gasteiger charge is -2.18. The Labute approximate surface area is 161 Å². The van der Waals surface area contributed by atoms with Crippen molar-refractivity contribution in [1.29, 1.82) is 0 Å². The molecule has 0 heterocycles. The lowest BCUT2D eigenvalue weighted by atomic mass is 10.0. The number of aryl methyl sites for hydroxylation is 1. The molecule has 0 atom stereocenters. The van der Waals surface area contributed by atoms with Gasteiger partial charge in [0.05, 0.1) is 18.6 Å². The Hall–Kier alpha value is -2.38. The zero-order valence-corrected chi connectivity index (χ0v) is 17.1. The molecule has 0 aliphatic rings. The minimum atomic E-state index is -3.77. The molecule has 0 unspecified atom stereocenters. The van der Waals surface area contributed by atoms with Crippen molar-refractivity contribution in [2.75, 3.05) is 26.0 Å². The number of nitrogens with one attached hydrogen (secondary N) is 1. The van der Waals surface area contributed by atoms with Crippen LogP contribution in [0.1, 0.15) is 30.9 Å². The van der Waals surface area contributed by atoms with Crippen LogP contribution >= 0.6 is 0 Å². The summed E-state index contributed by atoms with van der Waals surface area (Å²) in [6, 6.07) is 12.1. The number of benzene rings is 2. The van der Waals surface area contributed by atoms with Gasteiger partial charge in [-0.15, -0.1) is 0 Å². The number of anilines is 1. The first-order chi connectivity index (χ1) is 12.6. The summed E-state index contributed by atoms with van der Waals surface area (Å²) in [5.41, 5.74) is 2.51. The third kappa shape index (κ3) is 5.08. The highest BCUT2D eigenvalue weighted by Crippen LogP contribution is 2.23. The van der Waals surface area contributed by atoms with Gasteiger partial charge < -0.3 is 10.1 Å². The van der Waals surface area contributed by atoms with E-state index < -0.39 is 15.9 Å². The summed E-state index contributed by atoms with van der Waals surface area (Å²) in [5, 5.41) is 2.73. The number of methoxy groups -OCH3 is 1. The number of nitrogens with zero attached hydrogens (tertiary/aromatic N) is 1. The maximum atomic E-state index is 12.7. The first-order valence-electron chi connectivity index (χ1n) is 8.66. The van der Waals surface area contributed by atoms with Crippen molar-refractivity contribution in [3.8, 4) is 5.75 Å². The molecule has 0 spiro atoms. The monoisotopic (exact) mass is 390 g/mol. The van der Waals surface area contributed by atoms with E-state index in [0.717, 1.165) is 4.31 Å². The van der Waals surface area contributed by atoms with E-state index >= 15 is 0 Å². The van der Waals surface area contributed by atoms with Crippen LogP contribution in [-0.2, 0) is 14.8 Å². The first kappa shape index (κ1) is 20.9. The average Bonchev–Trinajstić information content (AvgIpc) is 2.61. The number of amides is 1. The third-order valence-electron chi connectivity index (χ3n) is 4.30. The molecule has 0 aliphatic heterocycles. The SMILES string of the molecule is COc1ccc(S(=O)(=O)N(C)CC(=O)Nc2ccc(C(C)C)cc2)cc1C. The summed E-state index contributed by atoms with van der Waals surface area (Å²) in [4.78, 5) is 12.4. The number of rotatable bonds is 7. The van der Waals surface area contributed by atoms with E-state index in [1.54, 1.807) is 13.0 Å². The molecule has 27 heavy (non-hydrogen) atoms. The largest absolute Gasteiger partial charge is 0.496 e. The van der Waals surface area contributed by atoms with Gasteiger partial charge in [-0.05, 0) is 54.3 Å². The van der Waals surface area contributed by atoms with Gasteiger partial charge in [-0.25, -0.2) is 8.42 Å². The lowest BCUT2D eigenvalue weighted by Crippen LogP contribution is -2.35. The third-order valence-corrected chi connectivity index (χ3v) is 6.10. The van der Waals surface area contributed by atoms with E-state index in [0.29, 0.717) is 22.9 Å². The zero-order valence-electron chi connectivity index (χ0n) is 16.3. The van der Waals surface area contributed by atoms with Crippen LogP contribution in [0.4, 0.5) is 5.69 Å². The highest BCUT2D eigenvalue weighted by atomic mass is 32.2. The second kappa shape index (κ2) is 8.54. The Balaban J connectivity index is 2.07. The molecular weight excluding hydrogens is 364 g/mol. The number of hydrogen-bond acceptors (Lipinski definition) is 4. The maximum absolute atomic E-state index is 12.7. The normalized spacial score (nSPS) is 11.7. The van der Waals surface area contributed by atoms with Gasteiger partial charge in [-0.1, -0.05) is 26.0 Å². The quantitative estimate of drug-likeness (QED) is 0.786. The Kier molecular flexibility index (Phi) is 6.62. The number of carbonyl (C=O) groups is 1. The Bertz CT molecular complexity index is 906. The average molecular weight is 391 g/mol. The van der Waals surface area contributed by atoms with Gasteiger partial charge in [0.2, 0.25) is 15.9 Å². The van der Waals surface area contributed by atoms with Gasteiger partial charge in [-0.2, -0.15) is 4.31 Å². The number of sulfonamides is 1. The van der Waals surface area contributed by atoms with Crippen molar-refractivity contribution in [3.05, 3.63) is 53.6 Å². The predicted molar refractivity (Wildman–Crippen MR) is 107 cm³/mol. The van der Waals surface area contributed by atoms with Crippen molar-refractivity contribution in [2.45, 2.75) is 31.6 Å².